The van der Waals surface area contributed by atoms with E-state index in [1.807, 2.05) is 18.4 Å². The minimum Gasteiger partial charge on any atom is -0.351 e. The molecule has 0 unspecified atom stereocenters. The van der Waals surface area contributed by atoms with Crippen molar-refractivity contribution in [3.63, 3.8) is 0 Å². The fraction of sp³-hybridized carbons (Fsp3) is 0.417. The monoisotopic (exact) mass is 255 g/mol. The Balaban J connectivity index is 2.60. The first-order valence-electron chi connectivity index (χ1n) is 5.07. The fourth-order valence-corrected chi connectivity index (χ4v) is 1.56. The SMILES string of the molecule is CSC(C)(C)CNC(=O)c1cccc(S)c1. The number of hydrogen-bond acceptors (Lipinski definition) is 3. The third-order valence-electron chi connectivity index (χ3n) is 2.34. The molecule has 88 valence electrons. The van der Waals surface area contributed by atoms with Crippen LogP contribution < -0.4 is 5.32 Å². The standard InChI is InChI=1S/C12H17NOS2/c1-12(2,16-3)8-13-11(14)9-5-4-6-10(15)7-9/h4-7,15H,8H2,1-3H3,(H,13,14). The van der Waals surface area contributed by atoms with Crippen LogP contribution in [0, 0.1) is 0 Å². The molecule has 0 fully saturated rings. The molecule has 1 amide bonds. The summed E-state index contributed by atoms with van der Waals surface area (Å²) in [6, 6.07) is 7.24. The summed E-state index contributed by atoms with van der Waals surface area (Å²) in [5, 5.41) is 2.92. The number of carbonyl (C=O) groups excluding carboxylic acids is 1. The van der Waals surface area contributed by atoms with E-state index in [0.717, 1.165) is 4.90 Å². The van der Waals surface area contributed by atoms with Crippen molar-refractivity contribution >= 4 is 30.3 Å². The molecule has 0 saturated carbocycles. The Morgan fingerprint density at radius 3 is 2.75 bits per heavy atom. The molecular weight excluding hydrogens is 238 g/mol. The van der Waals surface area contributed by atoms with Crippen molar-refractivity contribution in [3.05, 3.63) is 29.8 Å². The van der Waals surface area contributed by atoms with Crippen molar-refractivity contribution in [2.75, 3.05) is 12.8 Å². The maximum atomic E-state index is 11.8. The van der Waals surface area contributed by atoms with Gasteiger partial charge >= 0.3 is 0 Å². The number of carbonyl (C=O) groups is 1. The number of hydrogen-bond donors (Lipinski definition) is 2. The average Bonchev–Trinajstić information content (AvgIpc) is 2.26. The van der Waals surface area contributed by atoms with Gasteiger partial charge in [-0.1, -0.05) is 6.07 Å². The van der Waals surface area contributed by atoms with Crippen LogP contribution in [0.5, 0.6) is 0 Å². The molecule has 1 N–H and O–H groups in total. The van der Waals surface area contributed by atoms with Crippen LogP contribution in [0.3, 0.4) is 0 Å². The highest BCUT2D eigenvalue weighted by Crippen LogP contribution is 2.19. The van der Waals surface area contributed by atoms with Gasteiger partial charge in [0.15, 0.2) is 0 Å². The van der Waals surface area contributed by atoms with Gasteiger partial charge in [-0.2, -0.15) is 11.8 Å². The van der Waals surface area contributed by atoms with E-state index >= 15 is 0 Å². The van der Waals surface area contributed by atoms with Crippen molar-refractivity contribution in [2.24, 2.45) is 0 Å². The van der Waals surface area contributed by atoms with Crippen LogP contribution in [0.4, 0.5) is 0 Å². The third kappa shape index (κ3) is 4.10. The predicted molar refractivity (Wildman–Crippen MR) is 73.6 cm³/mol. The lowest BCUT2D eigenvalue weighted by Crippen LogP contribution is -2.36. The Morgan fingerprint density at radius 1 is 1.50 bits per heavy atom. The molecule has 0 aromatic heterocycles. The molecule has 16 heavy (non-hydrogen) atoms. The predicted octanol–water partition coefficient (Wildman–Crippen LogP) is 2.85. The molecule has 0 saturated heterocycles. The smallest absolute Gasteiger partial charge is 0.251 e. The zero-order valence-corrected chi connectivity index (χ0v) is 11.5. The molecule has 0 aliphatic carbocycles. The molecular formula is C12H17NOS2. The van der Waals surface area contributed by atoms with Gasteiger partial charge < -0.3 is 5.32 Å². The zero-order valence-electron chi connectivity index (χ0n) is 9.78. The highest BCUT2D eigenvalue weighted by Gasteiger charge is 2.17. The van der Waals surface area contributed by atoms with Crippen molar-refractivity contribution < 1.29 is 4.79 Å². The number of rotatable bonds is 4. The van der Waals surface area contributed by atoms with E-state index in [2.05, 4.69) is 31.8 Å². The molecule has 0 aliphatic heterocycles. The minimum atomic E-state index is -0.0435. The van der Waals surface area contributed by atoms with Gasteiger partial charge in [-0.15, -0.1) is 12.6 Å². The molecule has 2 nitrogen and oxygen atoms in total. The molecule has 1 aromatic rings. The second kappa shape index (κ2) is 5.64. The Hall–Kier alpha value is -0.610. The minimum absolute atomic E-state index is 0.0435. The Bertz CT molecular complexity index is 377. The number of thioether (sulfide) groups is 1. The number of amides is 1. The molecule has 0 radical (unpaired) electrons. The lowest BCUT2D eigenvalue weighted by atomic mass is 10.2. The Labute approximate surface area is 107 Å². The summed E-state index contributed by atoms with van der Waals surface area (Å²) in [6.07, 6.45) is 2.04. The lowest BCUT2D eigenvalue weighted by Gasteiger charge is -2.22. The van der Waals surface area contributed by atoms with Crippen LogP contribution in [0.1, 0.15) is 24.2 Å². The number of thiol groups is 1. The van der Waals surface area contributed by atoms with Gasteiger partial charge in [0, 0.05) is 21.8 Å². The highest BCUT2D eigenvalue weighted by molar-refractivity contribution is 7.99. The van der Waals surface area contributed by atoms with Crippen LogP contribution in [0.15, 0.2) is 29.2 Å². The lowest BCUT2D eigenvalue weighted by molar-refractivity contribution is 0.0950. The number of nitrogens with one attached hydrogen (secondary N) is 1. The summed E-state index contributed by atoms with van der Waals surface area (Å²) in [4.78, 5) is 12.6. The van der Waals surface area contributed by atoms with E-state index in [0.29, 0.717) is 12.1 Å². The van der Waals surface area contributed by atoms with Gasteiger partial charge in [0.05, 0.1) is 0 Å². The third-order valence-corrected chi connectivity index (χ3v) is 3.86. The van der Waals surface area contributed by atoms with Crippen molar-refractivity contribution in [1.82, 2.24) is 5.32 Å². The van der Waals surface area contributed by atoms with E-state index in [4.69, 9.17) is 0 Å². The quantitative estimate of drug-likeness (QED) is 0.810. The first-order valence-corrected chi connectivity index (χ1v) is 6.74. The van der Waals surface area contributed by atoms with Crippen molar-refractivity contribution in [3.8, 4) is 0 Å². The summed E-state index contributed by atoms with van der Waals surface area (Å²) < 4.78 is 0.0637. The summed E-state index contributed by atoms with van der Waals surface area (Å²) in [5.74, 6) is -0.0435. The molecule has 0 aliphatic rings. The van der Waals surface area contributed by atoms with E-state index < -0.39 is 0 Å². The van der Waals surface area contributed by atoms with Gasteiger partial charge in [-0.25, -0.2) is 0 Å². The molecule has 0 bridgehead atoms. The Kier molecular flexibility index (Phi) is 4.74. The maximum absolute atomic E-state index is 11.8. The first kappa shape index (κ1) is 13.5. The van der Waals surface area contributed by atoms with Crippen LogP contribution in [0.2, 0.25) is 0 Å². The average molecular weight is 255 g/mol. The molecule has 0 heterocycles. The van der Waals surface area contributed by atoms with E-state index in [1.165, 1.54) is 0 Å². The van der Waals surface area contributed by atoms with Crippen LogP contribution in [-0.2, 0) is 0 Å². The van der Waals surface area contributed by atoms with Gasteiger partial charge in [0.2, 0.25) is 0 Å². The summed E-state index contributed by atoms with van der Waals surface area (Å²) in [6.45, 7) is 4.86. The molecule has 1 aromatic carbocycles. The summed E-state index contributed by atoms with van der Waals surface area (Å²) in [7, 11) is 0. The largest absolute Gasteiger partial charge is 0.351 e. The second-order valence-corrected chi connectivity index (χ2v) is 6.23. The molecule has 0 spiro atoms. The van der Waals surface area contributed by atoms with Crippen molar-refractivity contribution in [2.45, 2.75) is 23.5 Å². The van der Waals surface area contributed by atoms with E-state index in [1.54, 1.807) is 23.9 Å². The molecule has 4 heteroatoms. The van der Waals surface area contributed by atoms with Crippen LogP contribution in [-0.4, -0.2) is 23.5 Å². The van der Waals surface area contributed by atoms with Crippen molar-refractivity contribution in [1.29, 1.82) is 0 Å². The van der Waals surface area contributed by atoms with E-state index in [-0.39, 0.29) is 10.7 Å². The van der Waals surface area contributed by atoms with Gasteiger partial charge in [0.1, 0.15) is 0 Å². The first-order chi connectivity index (χ1) is 7.44. The van der Waals surface area contributed by atoms with Gasteiger partial charge in [-0.05, 0) is 38.3 Å². The molecule has 0 atom stereocenters. The van der Waals surface area contributed by atoms with E-state index in [9.17, 15) is 4.79 Å². The fourth-order valence-electron chi connectivity index (χ4n) is 1.11. The maximum Gasteiger partial charge on any atom is 0.251 e. The highest BCUT2D eigenvalue weighted by atomic mass is 32.2. The Morgan fingerprint density at radius 2 is 2.19 bits per heavy atom. The second-order valence-electron chi connectivity index (χ2n) is 4.20. The van der Waals surface area contributed by atoms with Crippen LogP contribution in [0.25, 0.3) is 0 Å². The van der Waals surface area contributed by atoms with Gasteiger partial charge in [-0.3, -0.25) is 4.79 Å². The zero-order chi connectivity index (χ0) is 12.2. The number of benzene rings is 1. The molecule has 1 rings (SSSR count). The van der Waals surface area contributed by atoms with Crippen LogP contribution >= 0.6 is 24.4 Å². The summed E-state index contributed by atoms with van der Waals surface area (Å²) >= 11 is 5.95. The topological polar surface area (TPSA) is 29.1 Å². The van der Waals surface area contributed by atoms with Gasteiger partial charge in [0.25, 0.3) is 5.91 Å². The summed E-state index contributed by atoms with van der Waals surface area (Å²) in [5.41, 5.74) is 0.657. The normalized spacial score (nSPS) is 11.2.